The van der Waals surface area contributed by atoms with E-state index in [1.807, 2.05) is 6.20 Å². The first-order chi connectivity index (χ1) is 5.22. The summed E-state index contributed by atoms with van der Waals surface area (Å²) in [5.41, 5.74) is 0. The maximum absolute atomic E-state index is 4.21. The summed E-state index contributed by atoms with van der Waals surface area (Å²) in [6.45, 7) is 6.40. The van der Waals surface area contributed by atoms with Crippen molar-refractivity contribution in [2.24, 2.45) is 0 Å². The van der Waals surface area contributed by atoms with E-state index >= 15 is 0 Å². The van der Waals surface area contributed by atoms with E-state index in [0.29, 0.717) is 6.04 Å². The Morgan fingerprint density at radius 1 is 1.73 bits per heavy atom. The van der Waals surface area contributed by atoms with Gasteiger partial charge in [-0.05, 0) is 20.3 Å². The fourth-order valence-corrected chi connectivity index (χ4v) is 1.51. The first kappa shape index (κ1) is 8.53. The van der Waals surface area contributed by atoms with E-state index in [1.54, 1.807) is 11.3 Å². The van der Waals surface area contributed by atoms with Gasteiger partial charge in [-0.3, -0.25) is 0 Å². The lowest BCUT2D eigenvalue weighted by Gasteiger charge is -2.08. The van der Waals surface area contributed by atoms with Crippen LogP contribution in [-0.2, 0) is 0 Å². The average molecular weight is 170 g/mol. The number of hydrogen-bond donors (Lipinski definition) is 1. The molecule has 62 valence electrons. The minimum atomic E-state index is 0.528. The molecule has 1 rings (SSSR count). The van der Waals surface area contributed by atoms with Crippen LogP contribution in [0.1, 0.15) is 25.1 Å². The Balaban J connectivity index is 2.50. The molecule has 0 aromatic carbocycles. The van der Waals surface area contributed by atoms with Crippen molar-refractivity contribution in [3.05, 3.63) is 11.1 Å². The zero-order valence-corrected chi connectivity index (χ0v) is 8.03. The molecular weight excluding hydrogens is 156 g/mol. The van der Waals surface area contributed by atoms with Crippen LogP contribution in [0.4, 0.5) is 5.13 Å². The Hall–Kier alpha value is -0.570. The highest BCUT2D eigenvalue weighted by Crippen LogP contribution is 2.17. The molecule has 0 amide bonds. The Morgan fingerprint density at radius 3 is 2.91 bits per heavy atom. The summed E-state index contributed by atoms with van der Waals surface area (Å²) in [5.74, 6) is 0. The molecular formula is C8H14N2S. The highest BCUT2D eigenvalue weighted by atomic mass is 32.1. The van der Waals surface area contributed by atoms with E-state index < -0.39 is 0 Å². The van der Waals surface area contributed by atoms with Gasteiger partial charge in [0.25, 0.3) is 0 Å². The van der Waals surface area contributed by atoms with Crippen LogP contribution in [0.3, 0.4) is 0 Å². The number of rotatable bonds is 3. The van der Waals surface area contributed by atoms with Gasteiger partial charge >= 0.3 is 0 Å². The molecule has 11 heavy (non-hydrogen) atoms. The molecule has 0 aliphatic carbocycles. The third kappa shape index (κ3) is 2.50. The first-order valence-corrected chi connectivity index (χ1v) is 4.73. The van der Waals surface area contributed by atoms with Crippen LogP contribution in [0.15, 0.2) is 6.20 Å². The predicted octanol–water partition coefficient (Wildman–Crippen LogP) is 2.66. The van der Waals surface area contributed by atoms with Crippen molar-refractivity contribution in [2.75, 3.05) is 5.32 Å². The Labute approximate surface area is 71.7 Å². The fourth-order valence-electron chi connectivity index (χ4n) is 0.734. The van der Waals surface area contributed by atoms with Crippen LogP contribution in [0.25, 0.3) is 0 Å². The second-order valence-electron chi connectivity index (χ2n) is 2.73. The molecule has 1 unspecified atom stereocenters. The molecule has 0 aliphatic heterocycles. The van der Waals surface area contributed by atoms with Gasteiger partial charge in [0.2, 0.25) is 0 Å². The Bertz CT molecular complexity index is 220. The molecule has 1 N–H and O–H groups in total. The summed E-state index contributed by atoms with van der Waals surface area (Å²) in [5, 5.41) is 4.36. The van der Waals surface area contributed by atoms with Gasteiger partial charge < -0.3 is 5.32 Å². The first-order valence-electron chi connectivity index (χ1n) is 3.91. The second-order valence-corrected chi connectivity index (χ2v) is 3.96. The van der Waals surface area contributed by atoms with Gasteiger partial charge in [-0.1, -0.05) is 6.92 Å². The summed E-state index contributed by atoms with van der Waals surface area (Å²) in [4.78, 5) is 5.47. The normalized spacial score (nSPS) is 13.0. The second kappa shape index (κ2) is 3.72. The maximum Gasteiger partial charge on any atom is 0.183 e. The zero-order valence-electron chi connectivity index (χ0n) is 7.22. The number of nitrogens with zero attached hydrogens (tertiary/aromatic N) is 1. The average Bonchev–Trinajstić information content (AvgIpc) is 2.35. The van der Waals surface area contributed by atoms with Gasteiger partial charge in [0, 0.05) is 17.1 Å². The van der Waals surface area contributed by atoms with Crippen LogP contribution in [0.5, 0.6) is 0 Å². The monoisotopic (exact) mass is 170 g/mol. The summed E-state index contributed by atoms with van der Waals surface area (Å²) in [7, 11) is 0. The molecule has 1 aromatic rings. The zero-order chi connectivity index (χ0) is 8.27. The number of thiazole rings is 1. The molecule has 0 saturated heterocycles. The molecule has 0 radical (unpaired) electrons. The molecule has 0 saturated carbocycles. The molecule has 0 spiro atoms. The van der Waals surface area contributed by atoms with Crippen molar-refractivity contribution in [1.29, 1.82) is 0 Å². The van der Waals surface area contributed by atoms with E-state index in [0.717, 1.165) is 11.6 Å². The summed E-state index contributed by atoms with van der Waals surface area (Å²) in [6.07, 6.45) is 3.04. The minimum absolute atomic E-state index is 0.528. The largest absolute Gasteiger partial charge is 0.359 e. The quantitative estimate of drug-likeness (QED) is 0.754. The van der Waals surface area contributed by atoms with Crippen LogP contribution >= 0.6 is 11.3 Å². The Kier molecular flexibility index (Phi) is 2.88. The molecule has 1 aromatic heterocycles. The molecule has 0 fully saturated rings. The summed E-state index contributed by atoms with van der Waals surface area (Å²) >= 11 is 1.71. The SMILES string of the molecule is CCC(C)Nc1ncc(C)s1. The van der Waals surface area contributed by atoms with Crippen molar-refractivity contribution in [2.45, 2.75) is 33.2 Å². The fraction of sp³-hybridized carbons (Fsp3) is 0.625. The number of hydrogen-bond acceptors (Lipinski definition) is 3. The van der Waals surface area contributed by atoms with Crippen molar-refractivity contribution >= 4 is 16.5 Å². The van der Waals surface area contributed by atoms with Gasteiger partial charge in [0.1, 0.15) is 0 Å². The third-order valence-corrected chi connectivity index (χ3v) is 2.45. The lowest BCUT2D eigenvalue weighted by Crippen LogP contribution is -2.12. The van der Waals surface area contributed by atoms with Crippen molar-refractivity contribution < 1.29 is 0 Å². The minimum Gasteiger partial charge on any atom is -0.359 e. The van der Waals surface area contributed by atoms with Crippen LogP contribution in [0, 0.1) is 6.92 Å². The number of nitrogens with one attached hydrogen (secondary N) is 1. The van der Waals surface area contributed by atoms with Crippen molar-refractivity contribution in [1.82, 2.24) is 4.98 Å². The van der Waals surface area contributed by atoms with Gasteiger partial charge in [0.15, 0.2) is 5.13 Å². The maximum atomic E-state index is 4.21. The molecule has 3 heteroatoms. The predicted molar refractivity (Wildman–Crippen MR) is 50.2 cm³/mol. The standard InChI is InChI=1S/C8H14N2S/c1-4-6(2)10-8-9-5-7(3)11-8/h5-6H,4H2,1-3H3,(H,9,10). The molecule has 1 heterocycles. The molecule has 1 atom stereocenters. The Morgan fingerprint density at radius 2 is 2.45 bits per heavy atom. The van der Waals surface area contributed by atoms with Crippen molar-refractivity contribution in [3.8, 4) is 0 Å². The number of aryl methyl sites for hydroxylation is 1. The van der Waals surface area contributed by atoms with E-state index in [-0.39, 0.29) is 0 Å². The highest BCUT2D eigenvalue weighted by molar-refractivity contribution is 7.15. The molecule has 0 aliphatic rings. The summed E-state index contributed by atoms with van der Waals surface area (Å²) < 4.78 is 0. The highest BCUT2D eigenvalue weighted by Gasteiger charge is 2.00. The van der Waals surface area contributed by atoms with Crippen molar-refractivity contribution in [3.63, 3.8) is 0 Å². The van der Waals surface area contributed by atoms with Gasteiger partial charge in [-0.15, -0.1) is 11.3 Å². The van der Waals surface area contributed by atoms with Gasteiger partial charge in [-0.2, -0.15) is 0 Å². The van der Waals surface area contributed by atoms with Crippen LogP contribution in [-0.4, -0.2) is 11.0 Å². The van der Waals surface area contributed by atoms with Gasteiger partial charge in [0.05, 0.1) is 0 Å². The topological polar surface area (TPSA) is 24.9 Å². The lowest BCUT2D eigenvalue weighted by molar-refractivity contribution is 0.763. The van der Waals surface area contributed by atoms with E-state index in [9.17, 15) is 0 Å². The van der Waals surface area contributed by atoms with E-state index in [4.69, 9.17) is 0 Å². The smallest absolute Gasteiger partial charge is 0.183 e. The van der Waals surface area contributed by atoms with Gasteiger partial charge in [-0.25, -0.2) is 4.98 Å². The number of anilines is 1. The van der Waals surface area contributed by atoms with Crippen LogP contribution < -0.4 is 5.32 Å². The summed E-state index contributed by atoms with van der Waals surface area (Å²) in [6, 6.07) is 0.528. The third-order valence-electron chi connectivity index (χ3n) is 1.60. The van der Waals surface area contributed by atoms with Crippen LogP contribution in [0.2, 0.25) is 0 Å². The lowest BCUT2D eigenvalue weighted by atomic mass is 10.3. The number of aromatic nitrogens is 1. The molecule has 0 bridgehead atoms. The molecule has 2 nitrogen and oxygen atoms in total. The van der Waals surface area contributed by atoms with E-state index in [1.165, 1.54) is 4.88 Å². The van der Waals surface area contributed by atoms with E-state index in [2.05, 4.69) is 31.1 Å².